The van der Waals surface area contributed by atoms with E-state index in [0.717, 1.165) is 18.4 Å². The quantitative estimate of drug-likeness (QED) is 0.483. The molecule has 4 rings (SSSR count). The lowest BCUT2D eigenvalue weighted by Crippen LogP contribution is -2.68. The van der Waals surface area contributed by atoms with Gasteiger partial charge in [-0.3, -0.25) is 4.90 Å². The summed E-state index contributed by atoms with van der Waals surface area (Å²) in [6, 6.07) is 10.7. The van der Waals surface area contributed by atoms with Crippen molar-refractivity contribution in [2.75, 3.05) is 11.2 Å². The largest absolute Gasteiger partial charge is 0.281 e. The van der Waals surface area contributed by atoms with Crippen molar-refractivity contribution in [1.29, 1.82) is 0 Å². The van der Waals surface area contributed by atoms with Crippen LogP contribution < -0.4 is 10.2 Å². The fraction of sp³-hybridized carbons (Fsp3) is 0.300. The van der Waals surface area contributed by atoms with Crippen LogP contribution in [0.4, 0.5) is 23.4 Å². The van der Waals surface area contributed by atoms with E-state index in [1.54, 1.807) is 23.5 Å². The number of alkyl halides is 4. The average Bonchev–Trinajstić information content (AvgIpc) is 2.72. The Kier molecular flexibility index (Phi) is 5.13. The zero-order valence-electron chi connectivity index (χ0n) is 16.4. The van der Waals surface area contributed by atoms with Gasteiger partial charge in [-0.05, 0) is 31.2 Å². The maximum Gasteiger partial charge on any atom is 0.257 e. The second-order valence-corrected chi connectivity index (χ2v) is 9.27. The smallest absolute Gasteiger partial charge is 0.257 e. The summed E-state index contributed by atoms with van der Waals surface area (Å²) in [4.78, 5) is 8.27. The van der Waals surface area contributed by atoms with Crippen LogP contribution in [0.25, 0.3) is 10.9 Å². The number of aryl methyl sites for hydroxylation is 1. The fourth-order valence-electron chi connectivity index (χ4n) is 3.62. The molecule has 0 bridgehead atoms. The molecule has 1 N–H and O–H groups in total. The maximum atomic E-state index is 16.5. The van der Waals surface area contributed by atoms with Crippen molar-refractivity contribution in [2.45, 2.75) is 36.5 Å². The lowest BCUT2D eigenvalue weighted by atomic mass is 9.97. The van der Waals surface area contributed by atoms with Gasteiger partial charge in [-0.25, -0.2) is 41.3 Å². The van der Waals surface area contributed by atoms with E-state index in [4.69, 9.17) is 0 Å². The molecule has 6 nitrogen and oxygen atoms in total. The van der Waals surface area contributed by atoms with Crippen molar-refractivity contribution in [3.63, 3.8) is 0 Å². The van der Waals surface area contributed by atoms with Crippen LogP contribution in [0.1, 0.15) is 11.4 Å². The van der Waals surface area contributed by atoms with E-state index >= 15 is 13.2 Å². The first-order valence-electron chi connectivity index (χ1n) is 9.24. The Morgan fingerprint density at radius 1 is 1.06 bits per heavy atom. The van der Waals surface area contributed by atoms with E-state index in [2.05, 4.69) is 9.97 Å². The van der Waals surface area contributed by atoms with Crippen LogP contribution in [0.15, 0.2) is 53.4 Å². The topological polar surface area (TPSA) is 75.2 Å². The summed E-state index contributed by atoms with van der Waals surface area (Å²) in [5.74, 6) is -3.53. The summed E-state index contributed by atoms with van der Waals surface area (Å²) in [6.45, 7) is 1.48. The molecule has 1 aliphatic rings. The van der Waals surface area contributed by atoms with E-state index in [0.29, 0.717) is 5.52 Å². The standard InChI is InChI=1S/C20H18F4N4O2S/c1-11-25-15-9-4-3-8-14(15)18(26-11)28-17(22)16(21)27-19(23)20(28,24)12-6-5-7-13(10-12)31(2,29)30/h3-10,16-17,19,27H,1-2H3. The second-order valence-electron chi connectivity index (χ2n) is 7.26. The molecule has 11 heteroatoms. The van der Waals surface area contributed by atoms with Gasteiger partial charge >= 0.3 is 0 Å². The number of halogens is 4. The lowest BCUT2D eigenvalue weighted by Gasteiger charge is -2.47. The molecular weight excluding hydrogens is 436 g/mol. The van der Waals surface area contributed by atoms with Gasteiger partial charge in [0, 0.05) is 17.2 Å². The van der Waals surface area contributed by atoms with Gasteiger partial charge < -0.3 is 0 Å². The second kappa shape index (κ2) is 7.41. The molecule has 0 saturated carbocycles. The molecule has 0 amide bonds. The number of aromatic nitrogens is 2. The highest BCUT2D eigenvalue weighted by Gasteiger charge is 2.58. The number of rotatable bonds is 3. The number of fused-ring (bicyclic) bond motifs is 1. The van der Waals surface area contributed by atoms with E-state index in [1.807, 2.05) is 0 Å². The molecule has 1 aromatic heterocycles. The molecule has 1 fully saturated rings. The normalized spacial score (nSPS) is 26.9. The molecule has 3 aromatic rings. The minimum absolute atomic E-state index is 0.137. The molecular formula is C20H18F4N4O2S. The Morgan fingerprint density at radius 3 is 2.48 bits per heavy atom. The Labute approximate surface area is 175 Å². The van der Waals surface area contributed by atoms with Crippen LogP contribution in [0, 0.1) is 6.92 Å². The summed E-state index contributed by atoms with van der Waals surface area (Å²) in [5, 5.41) is 1.80. The van der Waals surface area contributed by atoms with Crippen LogP contribution in [0.5, 0.6) is 0 Å². The van der Waals surface area contributed by atoms with Gasteiger partial charge in [-0.15, -0.1) is 0 Å². The third kappa shape index (κ3) is 3.51. The molecule has 31 heavy (non-hydrogen) atoms. The molecule has 1 saturated heterocycles. The number of piperazine rings is 1. The molecule has 2 heterocycles. The first kappa shape index (κ1) is 21.4. The number of hydrogen-bond donors (Lipinski definition) is 1. The summed E-state index contributed by atoms with van der Waals surface area (Å²) >= 11 is 0. The van der Waals surface area contributed by atoms with Crippen LogP contribution in [0.3, 0.4) is 0 Å². The molecule has 1 aliphatic heterocycles. The maximum absolute atomic E-state index is 16.5. The molecule has 0 spiro atoms. The van der Waals surface area contributed by atoms with E-state index in [1.165, 1.54) is 25.1 Å². The van der Waals surface area contributed by atoms with Gasteiger partial charge in [0.25, 0.3) is 5.79 Å². The van der Waals surface area contributed by atoms with E-state index in [-0.39, 0.29) is 26.8 Å². The van der Waals surface area contributed by atoms with Gasteiger partial charge in [-0.1, -0.05) is 24.3 Å². The third-order valence-corrected chi connectivity index (χ3v) is 6.18. The average molecular weight is 454 g/mol. The summed E-state index contributed by atoms with van der Waals surface area (Å²) < 4.78 is 85.0. The predicted molar refractivity (Wildman–Crippen MR) is 107 cm³/mol. The third-order valence-electron chi connectivity index (χ3n) is 5.07. The van der Waals surface area contributed by atoms with Gasteiger partial charge in [-0.2, -0.15) is 0 Å². The van der Waals surface area contributed by atoms with E-state index in [9.17, 15) is 12.8 Å². The first-order chi connectivity index (χ1) is 14.5. The van der Waals surface area contributed by atoms with Crippen LogP contribution in [-0.2, 0) is 15.6 Å². The minimum atomic E-state index is -3.78. The highest BCUT2D eigenvalue weighted by atomic mass is 32.2. The molecule has 0 radical (unpaired) electrons. The Morgan fingerprint density at radius 2 is 1.77 bits per heavy atom. The number of anilines is 1. The van der Waals surface area contributed by atoms with E-state index < -0.39 is 40.1 Å². The van der Waals surface area contributed by atoms with Crippen LogP contribution in [0.2, 0.25) is 0 Å². The SMILES string of the molecule is Cc1nc(N2C(F)C(F)NC(F)C2(F)c2cccc(S(C)(=O)=O)c2)c2ccccc2n1. The Hall–Kier alpha value is -2.79. The molecule has 2 aromatic carbocycles. The van der Waals surface area contributed by atoms with Crippen molar-refractivity contribution in [3.05, 3.63) is 59.9 Å². The lowest BCUT2D eigenvalue weighted by molar-refractivity contribution is -0.0782. The van der Waals surface area contributed by atoms with Crippen molar-refractivity contribution in [2.24, 2.45) is 0 Å². The van der Waals surface area contributed by atoms with Gasteiger partial charge in [0.15, 0.2) is 9.84 Å². The van der Waals surface area contributed by atoms with Gasteiger partial charge in [0.05, 0.1) is 10.4 Å². The van der Waals surface area contributed by atoms with Crippen LogP contribution in [-0.4, -0.2) is 43.5 Å². The van der Waals surface area contributed by atoms with Gasteiger partial charge in [0.2, 0.25) is 18.9 Å². The van der Waals surface area contributed by atoms with Crippen molar-refractivity contribution in [1.82, 2.24) is 15.3 Å². The van der Waals surface area contributed by atoms with Gasteiger partial charge in [0.1, 0.15) is 11.6 Å². The molecule has 4 atom stereocenters. The minimum Gasteiger partial charge on any atom is -0.281 e. The summed E-state index contributed by atoms with van der Waals surface area (Å²) in [5.41, 5.74) is -0.181. The molecule has 0 aliphatic carbocycles. The number of benzene rings is 2. The Bertz CT molecular complexity index is 1260. The first-order valence-corrected chi connectivity index (χ1v) is 11.1. The summed E-state index contributed by atoms with van der Waals surface area (Å²) in [6.07, 6.45) is -7.07. The highest BCUT2D eigenvalue weighted by molar-refractivity contribution is 7.90. The number of para-hydroxylation sites is 1. The summed E-state index contributed by atoms with van der Waals surface area (Å²) in [7, 11) is -3.78. The number of nitrogens with one attached hydrogen (secondary N) is 1. The zero-order chi connectivity index (χ0) is 22.6. The number of hydrogen-bond acceptors (Lipinski definition) is 6. The number of nitrogens with zero attached hydrogens (tertiary/aromatic N) is 3. The number of sulfone groups is 1. The zero-order valence-corrected chi connectivity index (χ0v) is 17.2. The van der Waals surface area contributed by atoms with Crippen LogP contribution >= 0.6 is 0 Å². The highest BCUT2D eigenvalue weighted by Crippen LogP contribution is 2.45. The van der Waals surface area contributed by atoms with Crippen molar-refractivity contribution in [3.8, 4) is 0 Å². The monoisotopic (exact) mass is 454 g/mol. The molecule has 4 unspecified atom stereocenters. The molecule has 164 valence electrons. The Balaban J connectivity index is 2.01. The van der Waals surface area contributed by atoms with Crippen molar-refractivity contribution < 1.29 is 26.0 Å². The fourth-order valence-corrected chi connectivity index (χ4v) is 4.29. The predicted octanol–water partition coefficient (Wildman–Crippen LogP) is 3.46. The van der Waals surface area contributed by atoms with Crippen molar-refractivity contribution >= 4 is 26.6 Å².